The Morgan fingerprint density at radius 2 is 1.90 bits per heavy atom. The minimum Gasteiger partial charge on any atom is -0.450 e. The van der Waals surface area contributed by atoms with E-state index in [-0.39, 0.29) is 17.6 Å². The smallest absolute Gasteiger partial charge is 0.409 e. The van der Waals surface area contributed by atoms with Crippen molar-refractivity contribution >= 4 is 6.09 Å². The second-order valence-corrected chi connectivity index (χ2v) is 9.45. The summed E-state index contributed by atoms with van der Waals surface area (Å²) in [4.78, 5) is 16.5. The van der Waals surface area contributed by atoms with Gasteiger partial charge in [-0.15, -0.1) is 0 Å². The monoisotopic (exact) mass is 431 g/mol. The Morgan fingerprint density at radius 3 is 2.48 bits per heavy atom. The fraction of sp³-hybridized carbons (Fsp3) is 0.720. The number of carbonyl (C=O) groups excluding carboxylic acids is 1. The van der Waals surface area contributed by atoms with Crippen molar-refractivity contribution in [3.8, 4) is 0 Å². The molecule has 1 unspecified atom stereocenters. The largest absolute Gasteiger partial charge is 0.450 e. The van der Waals surface area contributed by atoms with Crippen molar-refractivity contribution in [3.63, 3.8) is 0 Å². The Bertz CT molecular complexity index is 690. The first kappa shape index (κ1) is 23.9. The number of allylic oxidation sites excluding steroid dienone is 4. The Balaban J connectivity index is 1.58. The number of nitrogens with zero attached hydrogens (tertiary/aromatic N) is 3. The Labute approximate surface area is 188 Å². The average Bonchev–Trinajstić information content (AvgIpc) is 3.56. The molecule has 6 heteroatoms. The summed E-state index contributed by atoms with van der Waals surface area (Å²) in [5.41, 5.74) is 2.23. The van der Waals surface area contributed by atoms with E-state index in [4.69, 9.17) is 4.74 Å². The van der Waals surface area contributed by atoms with Crippen molar-refractivity contribution in [3.05, 3.63) is 36.1 Å². The second-order valence-electron chi connectivity index (χ2n) is 9.45. The normalized spacial score (nSPS) is 25.7. The maximum Gasteiger partial charge on any atom is 0.409 e. The van der Waals surface area contributed by atoms with E-state index >= 15 is 0 Å². The SMILES string of the molecule is C=C/C(=C(\C=C\C)N(O)C1CCN(C2CCCN(C(=O)OCC)CC2)CC1)C1(C)CC1. The molecule has 0 spiro atoms. The number of hydroxylamine groups is 2. The van der Waals surface area contributed by atoms with Crippen LogP contribution in [-0.4, -0.2) is 71.0 Å². The van der Waals surface area contributed by atoms with E-state index < -0.39 is 0 Å². The number of ether oxygens (including phenoxy) is 1. The minimum absolute atomic E-state index is 0.126. The van der Waals surface area contributed by atoms with Crippen LogP contribution < -0.4 is 0 Å². The van der Waals surface area contributed by atoms with E-state index in [1.165, 1.54) is 10.6 Å². The fourth-order valence-corrected chi connectivity index (χ4v) is 5.10. The molecule has 3 rings (SSSR count). The maximum atomic E-state index is 12.1. The van der Waals surface area contributed by atoms with E-state index in [9.17, 15) is 10.0 Å². The van der Waals surface area contributed by atoms with Gasteiger partial charge in [0.05, 0.1) is 18.3 Å². The summed E-state index contributed by atoms with van der Waals surface area (Å²) in [5.74, 6) is 0. The van der Waals surface area contributed by atoms with Crippen LogP contribution >= 0.6 is 0 Å². The number of carbonyl (C=O) groups is 1. The van der Waals surface area contributed by atoms with E-state index in [1.807, 2.05) is 37.0 Å². The van der Waals surface area contributed by atoms with Gasteiger partial charge >= 0.3 is 6.09 Å². The average molecular weight is 432 g/mol. The lowest BCUT2D eigenvalue weighted by molar-refractivity contribution is -0.107. The first-order chi connectivity index (χ1) is 14.9. The Morgan fingerprint density at radius 1 is 1.19 bits per heavy atom. The fourth-order valence-electron chi connectivity index (χ4n) is 5.10. The zero-order valence-corrected chi connectivity index (χ0v) is 19.7. The molecule has 31 heavy (non-hydrogen) atoms. The van der Waals surface area contributed by atoms with Crippen LogP contribution in [0.15, 0.2) is 36.1 Å². The number of rotatable bonds is 7. The first-order valence-corrected chi connectivity index (χ1v) is 12.1. The third-order valence-electron chi connectivity index (χ3n) is 7.29. The van der Waals surface area contributed by atoms with Gasteiger partial charge in [0.1, 0.15) is 0 Å². The zero-order valence-electron chi connectivity index (χ0n) is 19.7. The third-order valence-corrected chi connectivity index (χ3v) is 7.29. The molecule has 2 heterocycles. The molecule has 0 aromatic heterocycles. The predicted octanol–water partition coefficient (Wildman–Crippen LogP) is 4.97. The molecule has 1 saturated carbocycles. The van der Waals surface area contributed by atoms with Crippen LogP contribution in [0.5, 0.6) is 0 Å². The molecule has 174 valence electrons. The molecule has 2 saturated heterocycles. The topological polar surface area (TPSA) is 56.2 Å². The highest BCUT2D eigenvalue weighted by molar-refractivity contribution is 5.67. The number of hydrogen-bond donors (Lipinski definition) is 1. The van der Waals surface area contributed by atoms with Crippen LogP contribution in [0.2, 0.25) is 0 Å². The molecule has 0 aromatic carbocycles. The highest BCUT2D eigenvalue weighted by Gasteiger charge is 2.42. The summed E-state index contributed by atoms with van der Waals surface area (Å²) in [7, 11) is 0. The van der Waals surface area contributed by atoms with Gasteiger partial charge in [-0.25, -0.2) is 4.79 Å². The van der Waals surface area contributed by atoms with Gasteiger partial charge in [-0.2, -0.15) is 0 Å². The van der Waals surface area contributed by atoms with E-state index in [0.29, 0.717) is 12.6 Å². The maximum absolute atomic E-state index is 12.1. The van der Waals surface area contributed by atoms with Crippen molar-refractivity contribution < 1.29 is 14.7 Å². The van der Waals surface area contributed by atoms with Gasteiger partial charge in [-0.05, 0) is 75.9 Å². The van der Waals surface area contributed by atoms with Gasteiger partial charge in [0.25, 0.3) is 0 Å². The molecule has 0 radical (unpaired) electrons. The van der Waals surface area contributed by atoms with Gasteiger partial charge in [-0.3, -0.25) is 10.3 Å². The van der Waals surface area contributed by atoms with Crippen molar-refractivity contribution in [2.45, 2.75) is 77.8 Å². The van der Waals surface area contributed by atoms with E-state index in [2.05, 4.69) is 18.4 Å². The third kappa shape index (κ3) is 5.72. The number of hydrogen-bond acceptors (Lipinski definition) is 5. The molecular weight excluding hydrogens is 390 g/mol. The van der Waals surface area contributed by atoms with E-state index in [1.54, 1.807) is 0 Å². The van der Waals surface area contributed by atoms with Crippen molar-refractivity contribution in [1.82, 2.24) is 14.9 Å². The lowest BCUT2D eigenvalue weighted by atomic mass is 9.94. The van der Waals surface area contributed by atoms with Crippen molar-refractivity contribution in [1.29, 1.82) is 0 Å². The Kier molecular flexibility index (Phi) is 8.23. The zero-order chi connectivity index (χ0) is 22.4. The predicted molar refractivity (Wildman–Crippen MR) is 124 cm³/mol. The molecule has 1 aliphatic carbocycles. The van der Waals surface area contributed by atoms with Crippen LogP contribution in [0.4, 0.5) is 4.79 Å². The highest BCUT2D eigenvalue weighted by atomic mass is 16.6. The summed E-state index contributed by atoms with van der Waals surface area (Å²) in [6.45, 7) is 14.1. The number of piperidine rings is 1. The lowest BCUT2D eigenvalue weighted by Crippen LogP contribution is -2.47. The molecule has 0 bridgehead atoms. The van der Waals surface area contributed by atoms with Gasteiger partial charge in [0.2, 0.25) is 0 Å². The van der Waals surface area contributed by atoms with E-state index in [0.717, 1.165) is 76.8 Å². The van der Waals surface area contributed by atoms with Crippen LogP contribution in [0.3, 0.4) is 0 Å². The van der Waals surface area contributed by atoms with Crippen LogP contribution in [-0.2, 0) is 4.74 Å². The summed E-state index contributed by atoms with van der Waals surface area (Å²) in [6.07, 6.45) is 13.1. The quantitative estimate of drug-likeness (QED) is 0.456. The molecule has 2 aliphatic heterocycles. The van der Waals surface area contributed by atoms with Crippen LogP contribution in [0.1, 0.15) is 65.7 Å². The van der Waals surface area contributed by atoms with Crippen molar-refractivity contribution in [2.24, 2.45) is 5.41 Å². The first-order valence-electron chi connectivity index (χ1n) is 12.1. The summed E-state index contributed by atoms with van der Waals surface area (Å²) in [6, 6.07) is 0.633. The molecule has 3 fully saturated rings. The summed E-state index contributed by atoms with van der Waals surface area (Å²) < 4.78 is 5.18. The second kappa shape index (κ2) is 10.7. The van der Waals surface area contributed by atoms with Gasteiger partial charge < -0.3 is 14.5 Å². The van der Waals surface area contributed by atoms with Gasteiger partial charge in [-0.1, -0.05) is 25.7 Å². The Hall–Kier alpha value is -1.79. The highest BCUT2D eigenvalue weighted by Crippen LogP contribution is 2.53. The van der Waals surface area contributed by atoms with Crippen molar-refractivity contribution in [2.75, 3.05) is 32.8 Å². The minimum atomic E-state index is -0.177. The van der Waals surface area contributed by atoms with Crippen LogP contribution in [0.25, 0.3) is 0 Å². The standard InChI is InChI=1S/C25H41N3O3/c1-5-9-23(22(6-2)25(4)14-15-25)28(30)21-12-17-26(18-13-21)20-10-8-16-27(19-11-20)24(29)31-7-3/h5-6,9,20-21,30H,2,7-8,10-19H2,1,3-4H3/b9-5+,23-22-. The molecule has 1 N–H and O–H groups in total. The molecule has 1 atom stereocenters. The molecular formula is C25H41N3O3. The van der Waals surface area contributed by atoms with Gasteiger partial charge in [0, 0.05) is 32.2 Å². The molecule has 3 aliphatic rings. The molecule has 1 amide bonds. The molecule has 0 aromatic rings. The summed E-state index contributed by atoms with van der Waals surface area (Å²) >= 11 is 0. The molecule has 6 nitrogen and oxygen atoms in total. The number of amides is 1. The number of likely N-dealkylation sites (tertiary alicyclic amines) is 2. The van der Waals surface area contributed by atoms with Crippen LogP contribution in [0, 0.1) is 5.41 Å². The lowest BCUT2D eigenvalue weighted by Gasteiger charge is -2.40. The van der Waals surface area contributed by atoms with Gasteiger partial charge in [0.15, 0.2) is 0 Å². The summed E-state index contributed by atoms with van der Waals surface area (Å²) in [5, 5.41) is 12.7.